The first-order chi connectivity index (χ1) is 18.7. The van der Waals surface area contributed by atoms with Gasteiger partial charge in [-0.3, -0.25) is 4.98 Å². The smallest absolute Gasteiger partial charge is 0.319 e. The number of aromatic nitrogens is 3. The molecule has 0 aliphatic carbocycles. The Kier molecular flexibility index (Phi) is 7.49. The van der Waals surface area contributed by atoms with E-state index < -0.39 is 11.6 Å². The molecule has 39 heavy (non-hydrogen) atoms. The number of rotatable bonds is 5. The number of urea groups is 1. The molecule has 2 aromatic heterocycles. The molecule has 3 aromatic rings. The molecule has 4 heterocycles. The van der Waals surface area contributed by atoms with Crippen LogP contribution < -0.4 is 14.5 Å². The van der Waals surface area contributed by atoms with Crippen LogP contribution in [0, 0.1) is 11.6 Å². The van der Waals surface area contributed by atoms with Crippen LogP contribution in [0.5, 0.6) is 5.75 Å². The average molecular weight is 538 g/mol. The van der Waals surface area contributed by atoms with Crippen LogP contribution in [0.25, 0.3) is 11.3 Å². The van der Waals surface area contributed by atoms with Crippen LogP contribution in [0.4, 0.5) is 25.0 Å². The topological polar surface area (TPSA) is 77.9 Å². The van der Waals surface area contributed by atoms with Gasteiger partial charge in [0, 0.05) is 57.6 Å². The summed E-state index contributed by atoms with van der Waals surface area (Å²) >= 11 is 0. The second-order valence-corrected chi connectivity index (χ2v) is 10.3. The molecule has 0 atom stereocenters. The van der Waals surface area contributed by atoms with Crippen molar-refractivity contribution in [3.8, 4) is 17.0 Å². The maximum Gasteiger partial charge on any atom is 0.319 e. The minimum absolute atomic E-state index is 0.0190. The first-order valence-electron chi connectivity index (χ1n) is 13.1. The summed E-state index contributed by atoms with van der Waals surface area (Å²) in [5, 5.41) is 0. The molecule has 2 aliphatic heterocycles. The molecular weight excluding hydrogens is 504 g/mol. The van der Waals surface area contributed by atoms with E-state index in [0.717, 1.165) is 30.7 Å². The third kappa shape index (κ3) is 5.57. The Morgan fingerprint density at radius 2 is 1.79 bits per heavy atom. The van der Waals surface area contributed by atoms with Crippen LogP contribution in [0.2, 0.25) is 0 Å². The Bertz CT molecular complexity index is 1340. The van der Waals surface area contributed by atoms with E-state index in [4.69, 9.17) is 4.74 Å². The van der Waals surface area contributed by atoms with Crippen molar-refractivity contribution in [3.05, 3.63) is 59.8 Å². The molecule has 0 unspecified atom stereocenters. The van der Waals surface area contributed by atoms with Gasteiger partial charge < -0.3 is 24.3 Å². The van der Waals surface area contributed by atoms with Gasteiger partial charge in [0.1, 0.15) is 18.1 Å². The first-order valence-corrected chi connectivity index (χ1v) is 13.1. The molecule has 1 fully saturated rings. The zero-order valence-electron chi connectivity index (χ0n) is 22.7. The average Bonchev–Trinajstić information content (AvgIpc) is 2.93. The zero-order valence-corrected chi connectivity index (χ0v) is 22.7. The van der Waals surface area contributed by atoms with E-state index in [0.29, 0.717) is 49.7 Å². The van der Waals surface area contributed by atoms with Gasteiger partial charge in [0.25, 0.3) is 0 Å². The number of nitrogens with zero attached hydrogens (tertiary/aromatic N) is 7. The number of carbonyl (C=O) groups excluding carboxylic acids is 1. The van der Waals surface area contributed by atoms with Crippen LogP contribution >= 0.6 is 0 Å². The van der Waals surface area contributed by atoms with E-state index in [1.807, 2.05) is 35.8 Å². The zero-order chi connectivity index (χ0) is 27.7. The van der Waals surface area contributed by atoms with Gasteiger partial charge in [-0.1, -0.05) is 0 Å². The Hall–Kier alpha value is -4.02. The summed E-state index contributed by atoms with van der Waals surface area (Å²) in [5.41, 5.74) is 2.66. The van der Waals surface area contributed by atoms with Crippen LogP contribution in [-0.2, 0) is 6.42 Å². The summed E-state index contributed by atoms with van der Waals surface area (Å²) in [7, 11) is 3.51. The van der Waals surface area contributed by atoms with Gasteiger partial charge in [-0.2, -0.15) is 0 Å². The molecule has 1 aromatic carbocycles. The SMILES string of the molecule is CC(C)N1CCOc2c(F)cc(-c3nc(Cc4ccc(N5CCN(C(=O)N(C)C)CC5)cn4)ncc3F)cc21. The largest absolute Gasteiger partial charge is 0.486 e. The number of hydrogen-bond donors (Lipinski definition) is 0. The summed E-state index contributed by atoms with van der Waals surface area (Å²) in [4.78, 5) is 33.0. The van der Waals surface area contributed by atoms with Crippen molar-refractivity contribution in [2.75, 3.05) is 63.2 Å². The van der Waals surface area contributed by atoms with Crippen molar-refractivity contribution < 1.29 is 18.3 Å². The van der Waals surface area contributed by atoms with Gasteiger partial charge >= 0.3 is 6.03 Å². The predicted octanol–water partition coefficient (Wildman–Crippen LogP) is 3.82. The second-order valence-electron chi connectivity index (χ2n) is 10.3. The lowest BCUT2D eigenvalue weighted by atomic mass is 10.1. The Morgan fingerprint density at radius 1 is 1.03 bits per heavy atom. The second kappa shape index (κ2) is 11.0. The van der Waals surface area contributed by atoms with Gasteiger partial charge in [-0.25, -0.2) is 23.5 Å². The minimum atomic E-state index is -0.624. The summed E-state index contributed by atoms with van der Waals surface area (Å²) < 4.78 is 35.4. The number of halogens is 2. The van der Waals surface area contributed by atoms with E-state index >= 15 is 0 Å². The van der Waals surface area contributed by atoms with Crippen LogP contribution in [0.15, 0.2) is 36.7 Å². The molecule has 9 nitrogen and oxygen atoms in total. The molecule has 2 aliphatic rings. The highest BCUT2D eigenvalue weighted by Crippen LogP contribution is 2.39. The number of anilines is 2. The molecule has 5 rings (SSSR count). The lowest BCUT2D eigenvalue weighted by molar-refractivity contribution is 0.168. The summed E-state index contributed by atoms with van der Waals surface area (Å²) in [6, 6.07) is 7.02. The highest BCUT2D eigenvalue weighted by atomic mass is 19.1. The highest BCUT2D eigenvalue weighted by molar-refractivity contribution is 5.74. The van der Waals surface area contributed by atoms with Crippen molar-refractivity contribution in [2.24, 2.45) is 0 Å². The number of ether oxygens (including phenoxy) is 1. The fraction of sp³-hybridized carbons (Fsp3) is 0.429. The molecule has 2 amide bonds. The van der Waals surface area contributed by atoms with Gasteiger partial charge in [-0.05, 0) is 38.1 Å². The Morgan fingerprint density at radius 3 is 2.46 bits per heavy atom. The van der Waals surface area contributed by atoms with Gasteiger partial charge in [0.05, 0.1) is 36.7 Å². The number of amides is 2. The van der Waals surface area contributed by atoms with Gasteiger partial charge in [0.2, 0.25) is 0 Å². The third-order valence-corrected chi connectivity index (χ3v) is 7.05. The van der Waals surface area contributed by atoms with Crippen LogP contribution in [0.3, 0.4) is 0 Å². The fourth-order valence-corrected chi connectivity index (χ4v) is 4.98. The van der Waals surface area contributed by atoms with E-state index in [1.165, 1.54) is 6.07 Å². The maximum atomic E-state index is 15.0. The summed E-state index contributed by atoms with van der Waals surface area (Å²) in [6.07, 6.45) is 3.21. The number of pyridine rings is 1. The number of hydrogen-bond acceptors (Lipinski definition) is 7. The Labute approximate surface area is 227 Å². The summed E-state index contributed by atoms with van der Waals surface area (Å²) in [5.74, 6) is -0.598. The fourth-order valence-electron chi connectivity index (χ4n) is 4.98. The van der Waals surface area contributed by atoms with Crippen LogP contribution in [0.1, 0.15) is 25.4 Å². The number of fused-ring (bicyclic) bond motifs is 1. The van der Waals surface area contributed by atoms with E-state index in [9.17, 15) is 13.6 Å². The highest BCUT2D eigenvalue weighted by Gasteiger charge is 2.26. The number of carbonyl (C=O) groups is 1. The molecule has 0 spiro atoms. The number of piperazine rings is 1. The van der Waals surface area contributed by atoms with E-state index in [-0.39, 0.29) is 23.5 Å². The maximum absolute atomic E-state index is 15.0. The summed E-state index contributed by atoms with van der Waals surface area (Å²) in [6.45, 7) is 7.80. The molecule has 0 saturated carbocycles. The quantitative estimate of drug-likeness (QED) is 0.490. The van der Waals surface area contributed by atoms with Crippen molar-refractivity contribution in [1.82, 2.24) is 24.8 Å². The molecule has 206 valence electrons. The van der Waals surface area contributed by atoms with E-state index in [1.54, 1.807) is 31.3 Å². The molecule has 0 bridgehead atoms. The predicted molar refractivity (Wildman–Crippen MR) is 145 cm³/mol. The first kappa shape index (κ1) is 26.6. The molecule has 0 radical (unpaired) electrons. The van der Waals surface area contributed by atoms with Crippen molar-refractivity contribution in [3.63, 3.8) is 0 Å². The van der Waals surface area contributed by atoms with Gasteiger partial charge in [-0.15, -0.1) is 0 Å². The lowest BCUT2D eigenvalue weighted by Crippen LogP contribution is -2.51. The minimum Gasteiger partial charge on any atom is -0.486 e. The standard InChI is InChI=1S/C28H33F2N7O2/c1-18(2)37-11-12-39-27-22(29)13-19(14-24(27)37)26-23(30)17-32-25(33-26)15-20-5-6-21(16-31-20)35-7-9-36(10-8-35)28(38)34(3)4/h5-6,13-14,16-18H,7-12,15H2,1-4H3. The van der Waals surface area contributed by atoms with Crippen molar-refractivity contribution >= 4 is 17.4 Å². The number of benzene rings is 1. The molecule has 0 N–H and O–H groups in total. The monoisotopic (exact) mass is 537 g/mol. The van der Waals surface area contributed by atoms with Crippen molar-refractivity contribution in [2.45, 2.75) is 26.3 Å². The molecule has 11 heteroatoms. The normalized spacial score (nSPS) is 15.3. The van der Waals surface area contributed by atoms with Crippen LogP contribution in [-0.4, -0.2) is 90.3 Å². The van der Waals surface area contributed by atoms with Gasteiger partial charge in [0.15, 0.2) is 17.4 Å². The van der Waals surface area contributed by atoms with Crippen molar-refractivity contribution in [1.29, 1.82) is 0 Å². The Balaban J connectivity index is 1.31. The lowest BCUT2D eigenvalue weighted by Gasteiger charge is -2.37. The third-order valence-electron chi connectivity index (χ3n) is 7.05. The van der Waals surface area contributed by atoms with E-state index in [2.05, 4.69) is 19.9 Å². The molecular formula is C28H33F2N7O2. The molecule has 1 saturated heterocycles.